The van der Waals surface area contributed by atoms with Crippen LogP contribution in [0.5, 0.6) is 0 Å². The van der Waals surface area contributed by atoms with Gasteiger partial charge in [0.05, 0.1) is 44.0 Å². The maximum atomic E-state index is 15.7. The van der Waals surface area contributed by atoms with E-state index in [1.807, 2.05) is 0 Å². The molecule has 8 bridgehead atoms. The van der Waals surface area contributed by atoms with E-state index in [0.717, 1.165) is 18.2 Å². The van der Waals surface area contributed by atoms with Crippen molar-refractivity contribution in [2.24, 2.45) is 0 Å². The maximum absolute atomic E-state index is 15.7. The van der Waals surface area contributed by atoms with Crippen LogP contribution in [0.3, 0.4) is 0 Å². The molecule has 0 radical (unpaired) electrons. The van der Waals surface area contributed by atoms with E-state index in [4.69, 9.17) is 0 Å². The van der Waals surface area contributed by atoms with E-state index >= 15 is 26.3 Å². The van der Waals surface area contributed by atoms with E-state index < -0.39 is 183 Å². The number of benzene rings is 3. The molecular weight excluding hydrogens is 986 g/mol. The van der Waals surface area contributed by atoms with Gasteiger partial charge >= 0.3 is 23.9 Å². The van der Waals surface area contributed by atoms with Gasteiger partial charge in [-0.05, 0) is 37.1 Å². The molecule has 7 nitrogen and oxygen atoms in total. The van der Waals surface area contributed by atoms with Crippen LogP contribution in [0.1, 0.15) is 11.4 Å². The molecule has 3 N–H and O–H groups in total. The third-order valence-electron chi connectivity index (χ3n) is 9.54. The fourth-order valence-electron chi connectivity index (χ4n) is 6.92. The molecule has 0 spiro atoms. The predicted molar refractivity (Wildman–Crippen MR) is 189 cm³/mol. The van der Waals surface area contributed by atoms with Crippen molar-refractivity contribution in [3.8, 4) is 33.4 Å². The first-order chi connectivity index (χ1) is 27.8. The summed E-state index contributed by atoms with van der Waals surface area (Å²) >= 11 is 0. The van der Waals surface area contributed by atoms with Gasteiger partial charge in [-0.1, -0.05) is 0 Å². The third kappa shape index (κ3) is 6.60. The van der Waals surface area contributed by atoms with Gasteiger partial charge in [0.2, 0.25) is 17.5 Å². The third-order valence-corrected chi connectivity index (χ3v) is 9.54. The van der Waals surface area contributed by atoms with Crippen molar-refractivity contribution in [2.75, 3.05) is 0 Å². The van der Waals surface area contributed by atoms with E-state index in [1.165, 1.54) is 0 Å². The van der Waals surface area contributed by atoms with Crippen LogP contribution >= 0.6 is 12.4 Å². The number of aromatic nitrogens is 4. The van der Waals surface area contributed by atoms with Crippen LogP contribution in [0, 0.1) is 97.4 Å². The molecule has 7 aromatic rings. The Morgan fingerprint density at radius 1 is 0.426 bits per heavy atom. The SMILES string of the molecule is Cl.O=[N+]([O-])c1cc2[nH]c1c(-c1c(F)c(F)c(F)c(F)c1F)c1ccc([nH]1)c(-c1c(F)c(F)c(F)c(F)c1F)c1nc(c(-c3c(F)c(F)c(F)c(F)c3F)c3ccc2[nH]3)CC1.[Sn+4]. The van der Waals surface area contributed by atoms with Crippen LogP contribution < -0.4 is 0 Å². The average molecular weight is 999 g/mol. The molecule has 1 aliphatic heterocycles. The van der Waals surface area contributed by atoms with Gasteiger partial charge in [0.25, 0.3) is 5.69 Å². The van der Waals surface area contributed by atoms with E-state index in [2.05, 4.69) is 19.9 Å². The summed E-state index contributed by atoms with van der Waals surface area (Å²) in [7, 11) is 0. The summed E-state index contributed by atoms with van der Waals surface area (Å²) in [5, 5.41) is 12.4. The number of halogens is 16. The quantitative estimate of drug-likeness (QED) is 0.0409. The van der Waals surface area contributed by atoms with Crippen molar-refractivity contribution in [2.45, 2.75) is 12.8 Å². The van der Waals surface area contributed by atoms with E-state index in [1.54, 1.807) is 0 Å². The molecule has 8 rings (SSSR count). The second-order valence-corrected chi connectivity index (χ2v) is 12.7. The number of fused-ring (bicyclic) bond motifs is 9. The summed E-state index contributed by atoms with van der Waals surface area (Å²) in [5.41, 5.74) is -15.0. The molecule has 24 heteroatoms. The van der Waals surface area contributed by atoms with Gasteiger partial charge < -0.3 is 15.0 Å². The Morgan fingerprint density at radius 2 is 0.721 bits per heavy atom. The molecule has 4 aromatic heterocycles. The zero-order valence-electron chi connectivity index (χ0n) is 29.1. The van der Waals surface area contributed by atoms with E-state index in [9.17, 15) is 49.6 Å². The first-order valence-electron chi connectivity index (χ1n) is 16.2. The fourth-order valence-corrected chi connectivity index (χ4v) is 6.92. The Kier molecular flexibility index (Phi) is 11.6. The minimum Gasteiger partial charge on any atom is -0.354 e. The normalized spacial score (nSPS) is 11.9. The second kappa shape index (κ2) is 15.8. The van der Waals surface area contributed by atoms with Crippen molar-refractivity contribution < 1.29 is 70.8 Å². The van der Waals surface area contributed by atoms with Crippen molar-refractivity contribution >= 4 is 75.1 Å². The largest absolute Gasteiger partial charge is 4.00 e. The van der Waals surface area contributed by atoms with Crippen molar-refractivity contribution in [1.29, 1.82) is 0 Å². The Bertz CT molecular complexity index is 3100. The minimum atomic E-state index is -2.65. The molecule has 0 saturated heterocycles. The summed E-state index contributed by atoms with van der Waals surface area (Å²) < 4.78 is 225. The number of nitrogens with zero attached hydrogens (tertiary/aromatic N) is 2. The Labute approximate surface area is 350 Å². The van der Waals surface area contributed by atoms with Crippen molar-refractivity contribution in [3.63, 3.8) is 0 Å². The summed E-state index contributed by atoms with van der Waals surface area (Å²) in [6.07, 6.45) is -1.28. The molecule has 0 unspecified atom stereocenters. The van der Waals surface area contributed by atoms with Gasteiger partial charge in [0.15, 0.2) is 69.8 Å². The number of aryl methyl sites for hydroxylation is 2. The van der Waals surface area contributed by atoms with Gasteiger partial charge in [-0.3, -0.25) is 15.1 Å². The first kappa shape index (κ1) is 44.6. The number of hydrogen-bond acceptors (Lipinski definition) is 3. The Balaban J connectivity index is 0.00000311. The molecule has 1 aliphatic rings. The molecular formula is C37H13ClF15N5O2Sn+4. The molecule has 5 heterocycles. The molecule has 0 amide bonds. The fraction of sp³-hybridized carbons (Fsp3) is 0.0541. The minimum absolute atomic E-state index is 0. The smallest absolute Gasteiger partial charge is 0.354 e. The zero-order chi connectivity index (χ0) is 42.7. The van der Waals surface area contributed by atoms with E-state index in [0.29, 0.717) is 12.1 Å². The molecule has 3 aromatic carbocycles. The number of hydrogen-bond donors (Lipinski definition) is 3. The van der Waals surface area contributed by atoms with Gasteiger partial charge in [0, 0.05) is 39.3 Å². The van der Waals surface area contributed by atoms with Gasteiger partial charge in [-0.15, -0.1) is 12.4 Å². The molecule has 310 valence electrons. The number of rotatable bonds is 4. The molecule has 0 saturated carbocycles. The maximum Gasteiger partial charge on any atom is 4.00 e. The predicted octanol–water partition coefficient (Wildman–Crippen LogP) is 11.3. The molecule has 61 heavy (non-hydrogen) atoms. The summed E-state index contributed by atoms with van der Waals surface area (Å²) in [6, 6.07) is 4.02. The van der Waals surface area contributed by atoms with Crippen LogP contribution in [0.4, 0.5) is 71.5 Å². The number of aromatic amines is 3. The second-order valence-electron chi connectivity index (χ2n) is 12.7. The van der Waals surface area contributed by atoms with Crippen molar-refractivity contribution in [3.05, 3.63) is 139 Å². The number of nitrogens with one attached hydrogen (secondary N) is 3. The Hall–Kier alpha value is -5.91. The van der Waals surface area contributed by atoms with Gasteiger partial charge in [0.1, 0.15) is 5.52 Å². The van der Waals surface area contributed by atoms with Crippen LogP contribution in [0.25, 0.3) is 66.5 Å². The summed E-state index contributed by atoms with van der Waals surface area (Å²) in [5.74, 6) is -37.8. The van der Waals surface area contributed by atoms with Crippen LogP contribution in [0.2, 0.25) is 0 Å². The molecule has 0 atom stereocenters. The monoisotopic (exact) mass is 999 g/mol. The Morgan fingerprint density at radius 3 is 1.08 bits per heavy atom. The van der Waals surface area contributed by atoms with Gasteiger partial charge in [-0.25, -0.2) is 65.9 Å². The van der Waals surface area contributed by atoms with Crippen molar-refractivity contribution in [1.82, 2.24) is 19.9 Å². The van der Waals surface area contributed by atoms with Crippen LogP contribution in [0.15, 0.2) is 30.3 Å². The first-order valence-corrected chi connectivity index (χ1v) is 16.2. The summed E-state index contributed by atoms with van der Waals surface area (Å²) in [4.78, 5) is 22.5. The van der Waals surface area contributed by atoms with Crippen LogP contribution in [-0.2, 0) is 12.8 Å². The molecule has 0 fully saturated rings. The van der Waals surface area contributed by atoms with E-state index in [-0.39, 0.29) is 41.8 Å². The topological polar surface area (TPSA) is 103 Å². The zero-order valence-corrected chi connectivity index (χ0v) is 32.8. The molecule has 0 aliphatic carbocycles. The number of H-pyrrole nitrogens is 3. The average Bonchev–Trinajstić information content (AvgIpc) is 4.05. The standard InChI is InChI=1S/C37H12F15N5O2.ClH.Sn/c38-22-19(23(39)29(45)34(50)28(22)44)16-9-2-1-8(53-9)14-7-15(57(58)59)37(56-14)18(21-26(42)32(48)36(52)33(49)27(21)43)13-6-5-12(55-13)17(11-4-3-10(16)54-11)20-24(40)30(46)35(51)31(47)25(20)41;;/h1-2,5-7,53,55-56H,3-4H2;1H;/q;;+4. The summed E-state index contributed by atoms with van der Waals surface area (Å²) in [6.45, 7) is 0. The van der Waals surface area contributed by atoms with Gasteiger partial charge in [-0.2, -0.15) is 0 Å². The number of nitro groups is 1. The van der Waals surface area contributed by atoms with Crippen LogP contribution in [-0.4, -0.2) is 48.8 Å².